The first kappa shape index (κ1) is 15.4. The first-order chi connectivity index (χ1) is 9.83. The van der Waals surface area contributed by atoms with Crippen molar-refractivity contribution in [2.45, 2.75) is 6.42 Å². The van der Waals surface area contributed by atoms with E-state index in [1.165, 1.54) is 5.57 Å². The largest absolute Gasteiger partial charge is 0.348 e. The molecule has 0 unspecified atom stereocenters. The normalized spacial score (nSPS) is 14.2. The van der Waals surface area contributed by atoms with E-state index in [0.717, 1.165) is 30.5 Å². The van der Waals surface area contributed by atoms with Gasteiger partial charge in [0.1, 0.15) is 0 Å². The average molecular weight is 305 g/mol. The average Bonchev–Trinajstić information content (AvgIpc) is 2.53. The lowest BCUT2D eigenvalue weighted by atomic mass is 10.1. The molecule has 0 fully saturated rings. The number of amides is 1. The summed E-state index contributed by atoms with van der Waals surface area (Å²) in [6, 6.07) is 5.37. The van der Waals surface area contributed by atoms with Crippen molar-refractivity contribution in [2.24, 2.45) is 0 Å². The van der Waals surface area contributed by atoms with Gasteiger partial charge >= 0.3 is 0 Å². The van der Waals surface area contributed by atoms with Gasteiger partial charge in [0, 0.05) is 31.0 Å². The first-order valence-electron chi connectivity index (χ1n) is 6.70. The van der Waals surface area contributed by atoms with Gasteiger partial charge in [-0.25, -0.2) is 0 Å². The fourth-order valence-corrected chi connectivity index (χ4v) is 2.23. The molecular weight excluding hydrogens is 288 g/mol. The Bertz CT molecular complexity index is 672. The van der Waals surface area contributed by atoms with E-state index >= 15 is 0 Å². The summed E-state index contributed by atoms with van der Waals surface area (Å²) in [4.78, 5) is 20.5. The van der Waals surface area contributed by atoms with Crippen molar-refractivity contribution < 1.29 is 4.79 Å². The van der Waals surface area contributed by atoms with E-state index < -0.39 is 0 Å². The van der Waals surface area contributed by atoms with Crippen molar-refractivity contribution in [2.75, 3.05) is 19.6 Å². The number of fused-ring (bicyclic) bond motifs is 1. The number of hydrogen-bond acceptors (Lipinski definition) is 4. The summed E-state index contributed by atoms with van der Waals surface area (Å²) in [5.41, 5.74) is 3.43. The highest BCUT2D eigenvalue weighted by atomic mass is 35.5. The fraction of sp³-hybridized carbons (Fsp3) is 0.267. The molecule has 2 heterocycles. The molecule has 0 radical (unpaired) electrons. The molecule has 1 aliphatic rings. The van der Waals surface area contributed by atoms with Crippen LogP contribution in [0.2, 0.25) is 0 Å². The van der Waals surface area contributed by atoms with E-state index in [0.29, 0.717) is 12.1 Å². The number of aromatic nitrogens is 2. The molecule has 2 N–H and O–H groups in total. The number of carbonyl (C=O) groups excluding carboxylic acids is 1. The van der Waals surface area contributed by atoms with Crippen molar-refractivity contribution in [3.05, 3.63) is 47.8 Å². The van der Waals surface area contributed by atoms with Crippen LogP contribution in [-0.4, -0.2) is 35.5 Å². The van der Waals surface area contributed by atoms with Crippen LogP contribution < -0.4 is 10.6 Å². The van der Waals surface area contributed by atoms with Crippen molar-refractivity contribution >= 4 is 29.3 Å². The zero-order chi connectivity index (χ0) is 13.8. The highest BCUT2D eigenvalue weighted by Gasteiger charge is 2.09. The molecule has 0 atom stereocenters. The lowest BCUT2D eigenvalue weighted by molar-refractivity contribution is 0.0956. The topological polar surface area (TPSA) is 66.9 Å². The van der Waals surface area contributed by atoms with Crippen molar-refractivity contribution in [3.63, 3.8) is 0 Å². The van der Waals surface area contributed by atoms with E-state index in [1.807, 2.05) is 6.07 Å². The van der Waals surface area contributed by atoms with E-state index in [-0.39, 0.29) is 18.3 Å². The molecule has 1 amide bonds. The maximum Gasteiger partial charge on any atom is 0.251 e. The van der Waals surface area contributed by atoms with Crippen LogP contribution in [0.3, 0.4) is 0 Å². The zero-order valence-corrected chi connectivity index (χ0v) is 12.3. The summed E-state index contributed by atoms with van der Waals surface area (Å²) in [5, 5.41) is 6.20. The molecule has 21 heavy (non-hydrogen) atoms. The molecule has 0 aliphatic carbocycles. The zero-order valence-electron chi connectivity index (χ0n) is 11.5. The smallest absolute Gasteiger partial charge is 0.251 e. The second-order valence-corrected chi connectivity index (χ2v) is 4.76. The van der Waals surface area contributed by atoms with Crippen LogP contribution in [0.5, 0.6) is 0 Å². The molecule has 3 rings (SSSR count). The molecular formula is C15H17ClN4O. The Morgan fingerprint density at radius 1 is 1.24 bits per heavy atom. The molecule has 5 nitrogen and oxygen atoms in total. The summed E-state index contributed by atoms with van der Waals surface area (Å²) in [6.07, 6.45) is 6.40. The lowest BCUT2D eigenvalue weighted by Crippen LogP contribution is -2.29. The van der Waals surface area contributed by atoms with Crippen LogP contribution >= 0.6 is 12.4 Å². The van der Waals surface area contributed by atoms with Gasteiger partial charge in [-0.1, -0.05) is 11.6 Å². The quantitative estimate of drug-likeness (QED) is 0.847. The van der Waals surface area contributed by atoms with Crippen molar-refractivity contribution in [3.8, 4) is 0 Å². The third-order valence-electron chi connectivity index (χ3n) is 3.37. The van der Waals surface area contributed by atoms with Crippen LogP contribution in [0.15, 0.2) is 42.2 Å². The van der Waals surface area contributed by atoms with Crippen molar-refractivity contribution in [1.29, 1.82) is 0 Å². The molecule has 1 aliphatic heterocycles. The van der Waals surface area contributed by atoms with Crippen LogP contribution in [0, 0.1) is 0 Å². The highest BCUT2D eigenvalue weighted by molar-refractivity contribution is 5.97. The SMILES string of the molecule is Cl.O=C(NCC1=CCNCC1)c1ccc2nccnc2c1. The number of nitrogens with one attached hydrogen (secondary N) is 2. The Balaban J connectivity index is 0.00000161. The Morgan fingerprint density at radius 2 is 2.05 bits per heavy atom. The van der Waals surface area contributed by atoms with Crippen LogP contribution in [-0.2, 0) is 0 Å². The molecule has 0 saturated carbocycles. The third-order valence-corrected chi connectivity index (χ3v) is 3.37. The Hall–Kier alpha value is -1.98. The maximum absolute atomic E-state index is 12.1. The number of rotatable bonds is 3. The predicted octanol–water partition coefficient (Wildman–Crippen LogP) is 1.70. The van der Waals surface area contributed by atoms with E-state index in [9.17, 15) is 4.79 Å². The first-order valence-corrected chi connectivity index (χ1v) is 6.70. The number of carbonyl (C=O) groups is 1. The van der Waals surface area contributed by atoms with Gasteiger partial charge in [-0.2, -0.15) is 0 Å². The van der Waals surface area contributed by atoms with E-state index in [2.05, 4.69) is 26.7 Å². The van der Waals surface area contributed by atoms with Crippen LogP contribution in [0.4, 0.5) is 0 Å². The lowest BCUT2D eigenvalue weighted by Gasteiger charge is -2.14. The van der Waals surface area contributed by atoms with Gasteiger partial charge in [0.25, 0.3) is 5.91 Å². The Labute approximate surface area is 129 Å². The molecule has 2 aromatic rings. The summed E-state index contributed by atoms with van der Waals surface area (Å²) in [6.45, 7) is 2.48. The molecule has 1 aromatic heterocycles. The molecule has 110 valence electrons. The second kappa shape index (κ2) is 7.15. The van der Waals surface area contributed by atoms with E-state index in [4.69, 9.17) is 0 Å². The Kier molecular flexibility index (Phi) is 5.25. The third kappa shape index (κ3) is 3.77. The molecule has 0 bridgehead atoms. The minimum Gasteiger partial charge on any atom is -0.348 e. The predicted molar refractivity (Wildman–Crippen MR) is 84.7 cm³/mol. The van der Waals surface area contributed by atoms with Crippen LogP contribution in [0.25, 0.3) is 11.0 Å². The van der Waals surface area contributed by atoms with Gasteiger partial charge in [-0.3, -0.25) is 14.8 Å². The molecule has 0 spiro atoms. The Morgan fingerprint density at radius 3 is 2.81 bits per heavy atom. The monoisotopic (exact) mass is 304 g/mol. The number of halogens is 1. The maximum atomic E-state index is 12.1. The summed E-state index contributed by atoms with van der Waals surface area (Å²) in [5.74, 6) is -0.0722. The fourth-order valence-electron chi connectivity index (χ4n) is 2.23. The summed E-state index contributed by atoms with van der Waals surface area (Å²) >= 11 is 0. The van der Waals surface area contributed by atoms with Gasteiger partial charge in [-0.15, -0.1) is 12.4 Å². The van der Waals surface area contributed by atoms with Gasteiger partial charge in [0.15, 0.2) is 0 Å². The molecule has 0 saturated heterocycles. The van der Waals surface area contributed by atoms with Gasteiger partial charge < -0.3 is 10.6 Å². The van der Waals surface area contributed by atoms with Gasteiger partial charge in [0.2, 0.25) is 0 Å². The molecule has 6 heteroatoms. The minimum absolute atomic E-state index is 0. The second-order valence-electron chi connectivity index (χ2n) is 4.76. The number of hydrogen-bond donors (Lipinski definition) is 2. The minimum atomic E-state index is -0.0722. The van der Waals surface area contributed by atoms with Crippen LogP contribution in [0.1, 0.15) is 16.8 Å². The van der Waals surface area contributed by atoms with Gasteiger partial charge in [0.05, 0.1) is 11.0 Å². The number of nitrogens with zero attached hydrogens (tertiary/aromatic N) is 2. The highest BCUT2D eigenvalue weighted by Crippen LogP contribution is 2.11. The standard InChI is InChI=1S/C15H16N4O.ClH/c20-15(19-10-11-3-5-16-6-4-11)12-1-2-13-14(9-12)18-8-7-17-13;/h1-3,7-9,16H,4-6,10H2,(H,19,20);1H. The van der Waals surface area contributed by atoms with Crippen molar-refractivity contribution in [1.82, 2.24) is 20.6 Å². The molecule has 1 aromatic carbocycles. The summed E-state index contributed by atoms with van der Waals surface area (Å²) < 4.78 is 0. The summed E-state index contributed by atoms with van der Waals surface area (Å²) in [7, 11) is 0. The van der Waals surface area contributed by atoms with Gasteiger partial charge in [-0.05, 0) is 31.2 Å². The number of benzene rings is 1. The van der Waals surface area contributed by atoms with E-state index in [1.54, 1.807) is 24.5 Å².